The lowest BCUT2D eigenvalue weighted by Gasteiger charge is -2.19. The quantitative estimate of drug-likeness (QED) is 0.779. The molecule has 1 N–H and O–H groups in total. The first kappa shape index (κ1) is 17.9. The zero-order valence-electron chi connectivity index (χ0n) is 13.6. The summed E-state index contributed by atoms with van der Waals surface area (Å²) in [7, 11) is -2.43. The Morgan fingerprint density at radius 2 is 1.72 bits per heavy atom. The van der Waals surface area contributed by atoms with Crippen molar-refractivity contribution in [2.75, 3.05) is 7.11 Å². The molecule has 132 valence electrons. The van der Waals surface area contributed by atoms with Crippen LogP contribution >= 0.6 is 11.6 Å². The summed E-state index contributed by atoms with van der Waals surface area (Å²) in [6.07, 6.45) is 1.97. The second-order valence-electron chi connectivity index (χ2n) is 6.00. The molecule has 0 heterocycles. The van der Waals surface area contributed by atoms with E-state index < -0.39 is 16.0 Å². The second kappa shape index (κ2) is 7.15. The third kappa shape index (κ3) is 4.21. The van der Waals surface area contributed by atoms with E-state index in [2.05, 4.69) is 9.46 Å². The number of nitrogens with one attached hydrogen (secondary N) is 1. The summed E-state index contributed by atoms with van der Waals surface area (Å²) in [5.41, 5.74) is 1.19. The summed E-state index contributed by atoms with van der Waals surface area (Å²) in [5, 5.41) is 0.611. The number of carbonyl (C=O) groups is 1. The van der Waals surface area contributed by atoms with E-state index in [1.807, 2.05) is 12.1 Å². The summed E-state index contributed by atoms with van der Waals surface area (Å²) in [6.45, 7) is 0. The van der Waals surface area contributed by atoms with Crippen LogP contribution in [0, 0.1) is 5.92 Å². The Labute approximate surface area is 152 Å². The molecule has 25 heavy (non-hydrogen) atoms. The van der Waals surface area contributed by atoms with Crippen LogP contribution in [0.4, 0.5) is 0 Å². The minimum absolute atomic E-state index is 0.111. The third-order valence-corrected chi connectivity index (χ3v) is 5.90. The molecule has 1 saturated carbocycles. The fourth-order valence-corrected chi connectivity index (χ4v) is 4.08. The van der Waals surface area contributed by atoms with Gasteiger partial charge in [0.1, 0.15) is 0 Å². The fraction of sp³-hybridized carbons (Fsp3) is 0.278. The number of halogens is 1. The van der Waals surface area contributed by atoms with Gasteiger partial charge >= 0.3 is 5.97 Å². The lowest BCUT2D eigenvalue weighted by atomic mass is 10.0. The van der Waals surface area contributed by atoms with Crippen molar-refractivity contribution in [3.63, 3.8) is 0 Å². The zero-order valence-corrected chi connectivity index (χ0v) is 15.2. The molecule has 2 aromatic rings. The average molecular weight is 380 g/mol. The van der Waals surface area contributed by atoms with Gasteiger partial charge in [-0.15, -0.1) is 0 Å². The highest BCUT2D eigenvalue weighted by Crippen LogP contribution is 2.42. The first-order chi connectivity index (χ1) is 11.9. The van der Waals surface area contributed by atoms with Gasteiger partial charge in [-0.2, -0.15) is 0 Å². The van der Waals surface area contributed by atoms with Crippen molar-refractivity contribution in [2.45, 2.75) is 23.8 Å². The van der Waals surface area contributed by atoms with Crippen LogP contribution < -0.4 is 4.72 Å². The second-order valence-corrected chi connectivity index (χ2v) is 8.15. The van der Waals surface area contributed by atoms with Gasteiger partial charge < -0.3 is 4.74 Å². The third-order valence-electron chi connectivity index (χ3n) is 4.19. The number of carbonyl (C=O) groups excluding carboxylic acids is 1. The molecule has 1 unspecified atom stereocenters. The molecule has 0 saturated heterocycles. The lowest BCUT2D eigenvalue weighted by Crippen LogP contribution is -2.30. The van der Waals surface area contributed by atoms with Crippen LogP contribution in [-0.2, 0) is 14.8 Å². The van der Waals surface area contributed by atoms with Crippen molar-refractivity contribution in [1.29, 1.82) is 0 Å². The van der Waals surface area contributed by atoms with E-state index in [1.165, 1.54) is 31.4 Å². The first-order valence-corrected chi connectivity index (χ1v) is 9.73. The SMILES string of the molecule is COC(=O)c1ccc(S(=O)(=O)NC(c2ccc(Cl)cc2)C2CC2)cc1. The molecule has 5 nitrogen and oxygen atoms in total. The molecule has 0 aromatic heterocycles. The predicted octanol–water partition coefficient (Wildman–Crippen LogP) is 3.56. The molecular formula is C18H18ClNO4S. The molecule has 0 aliphatic heterocycles. The van der Waals surface area contributed by atoms with Gasteiger partial charge in [-0.05, 0) is 60.7 Å². The molecule has 1 aliphatic carbocycles. The van der Waals surface area contributed by atoms with E-state index >= 15 is 0 Å². The maximum absolute atomic E-state index is 12.7. The highest BCUT2D eigenvalue weighted by atomic mass is 35.5. The molecular weight excluding hydrogens is 362 g/mol. The highest BCUT2D eigenvalue weighted by molar-refractivity contribution is 7.89. The van der Waals surface area contributed by atoms with Crippen LogP contribution in [-0.4, -0.2) is 21.5 Å². The largest absolute Gasteiger partial charge is 0.465 e. The first-order valence-electron chi connectivity index (χ1n) is 7.87. The Balaban J connectivity index is 1.83. The molecule has 0 bridgehead atoms. The normalized spacial score (nSPS) is 15.6. The van der Waals surface area contributed by atoms with Crippen molar-refractivity contribution >= 4 is 27.6 Å². The smallest absolute Gasteiger partial charge is 0.337 e. The Bertz CT molecular complexity index is 859. The highest BCUT2D eigenvalue weighted by Gasteiger charge is 2.35. The molecule has 0 amide bonds. The van der Waals surface area contributed by atoms with Gasteiger partial charge in [0.15, 0.2) is 0 Å². The van der Waals surface area contributed by atoms with Gasteiger partial charge in [0.25, 0.3) is 0 Å². The molecule has 3 rings (SSSR count). The van der Waals surface area contributed by atoms with E-state index in [9.17, 15) is 13.2 Å². The monoisotopic (exact) mass is 379 g/mol. The number of hydrogen-bond donors (Lipinski definition) is 1. The molecule has 1 fully saturated rings. The van der Waals surface area contributed by atoms with Gasteiger partial charge in [-0.1, -0.05) is 23.7 Å². The Morgan fingerprint density at radius 3 is 2.24 bits per heavy atom. The van der Waals surface area contributed by atoms with E-state index in [4.69, 9.17) is 11.6 Å². The Kier molecular flexibility index (Phi) is 5.13. The molecule has 0 spiro atoms. The molecule has 2 aromatic carbocycles. The number of hydrogen-bond acceptors (Lipinski definition) is 4. The summed E-state index contributed by atoms with van der Waals surface area (Å²) in [6, 6.07) is 12.6. The number of benzene rings is 2. The van der Waals surface area contributed by atoms with Gasteiger partial charge in [-0.3, -0.25) is 0 Å². The average Bonchev–Trinajstić information content (AvgIpc) is 3.45. The predicted molar refractivity (Wildman–Crippen MR) is 95.0 cm³/mol. The van der Waals surface area contributed by atoms with Gasteiger partial charge in [0.2, 0.25) is 10.0 Å². The van der Waals surface area contributed by atoms with Crippen LogP contribution in [0.3, 0.4) is 0 Å². The standard InChI is InChI=1S/C18H18ClNO4S/c1-24-18(21)14-6-10-16(11-7-14)25(22,23)20-17(12-2-3-12)13-4-8-15(19)9-5-13/h4-12,17,20H,2-3H2,1H3. The van der Waals surface area contributed by atoms with Crippen LogP contribution in [0.1, 0.15) is 34.8 Å². The van der Waals surface area contributed by atoms with E-state index in [-0.39, 0.29) is 16.9 Å². The fourth-order valence-electron chi connectivity index (χ4n) is 2.66. The van der Waals surface area contributed by atoms with Crippen molar-refractivity contribution in [3.05, 3.63) is 64.7 Å². The number of sulfonamides is 1. The minimum atomic E-state index is -3.71. The van der Waals surface area contributed by atoms with Crippen LogP contribution in [0.15, 0.2) is 53.4 Å². The van der Waals surface area contributed by atoms with E-state index in [0.717, 1.165) is 18.4 Å². The molecule has 0 radical (unpaired) electrons. The summed E-state index contributed by atoms with van der Waals surface area (Å²) in [5.74, 6) is -0.223. The van der Waals surface area contributed by atoms with Crippen LogP contribution in [0.5, 0.6) is 0 Å². The molecule has 7 heteroatoms. The Hall–Kier alpha value is -1.89. The summed E-state index contributed by atoms with van der Waals surface area (Å²) < 4.78 is 32.8. The van der Waals surface area contributed by atoms with Crippen molar-refractivity contribution in [1.82, 2.24) is 4.72 Å². The molecule has 1 atom stereocenters. The topological polar surface area (TPSA) is 72.5 Å². The minimum Gasteiger partial charge on any atom is -0.465 e. The number of esters is 1. The van der Waals surface area contributed by atoms with Gasteiger partial charge in [0.05, 0.1) is 17.6 Å². The lowest BCUT2D eigenvalue weighted by molar-refractivity contribution is 0.0600. The van der Waals surface area contributed by atoms with E-state index in [1.54, 1.807) is 12.1 Å². The number of ether oxygens (including phenoxy) is 1. The van der Waals surface area contributed by atoms with Gasteiger partial charge in [0, 0.05) is 11.1 Å². The van der Waals surface area contributed by atoms with Crippen molar-refractivity contribution in [2.24, 2.45) is 5.92 Å². The number of methoxy groups -OCH3 is 1. The van der Waals surface area contributed by atoms with Crippen LogP contribution in [0.25, 0.3) is 0 Å². The molecule has 1 aliphatic rings. The van der Waals surface area contributed by atoms with Crippen LogP contribution in [0.2, 0.25) is 5.02 Å². The van der Waals surface area contributed by atoms with Crippen molar-refractivity contribution < 1.29 is 17.9 Å². The van der Waals surface area contributed by atoms with E-state index in [0.29, 0.717) is 10.6 Å². The summed E-state index contributed by atoms with van der Waals surface area (Å²) >= 11 is 5.92. The van der Waals surface area contributed by atoms with Crippen molar-refractivity contribution in [3.8, 4) is 0 Å². The van der Waals surface area contributed by atoms with Gasteiger partial charge in [-0.25, -0.2) is 17.9 Å². The zero-order chi connectivity index (χ0) is 18.0. The number of rotatable bonds is 6. The maximum atomic E-state index is 12.7. The summed E-state index contributed by atoms with van der Waals surface area (Å²) in [4.78, 5) is 11.6. The Morgan fingerprint density at radius 1 is 1.12 bits per heavy atom. The maximum Gasteiger partial charge on any atom is 0.337 e.